The summed E-state index contributed by atoms with van der Waals surface area (Å²) in [6.45, 7) is 3.31. The Morgan fingerprint density at radius 2 is 1.85 bits per heavy atom. The van der Waals surface area contributed by atoms with Gasteiger partial charge in [0.2, 0.25) is 11.8 Å². The first kappa shape index (κ1) is 23.5. The number of carbonyl (C=O) groups excluding carboxylic acids is 2. The van der Waals surface area contributed by atoms with Crippen molar-refractivity contribution in [3.8, 4) is 0 Å². The van der Waals surface area contributed by atoms with E-state index >= 15 is 0 Å². The van der Waals surface area contributed by atoms with Crippen molar-refractivity contribution in [3.63, 3.8) is 0 Å². The molecule has 2 aromatic rings. The van der Waals surface area contributed by atoms with Gasteiger partial charge in [-0.15, -0.1) is 0 Å². The van der Waals surface area contributed by atoms with Gasteiger partial charge in [0.1, 0.15) is 6.04 Å². The lowest BCUT2D eigenvalue weighted by molar-refractivity contribution is -0.139. The molecule has 2 aliphatic rings. The average Bonchev–Trinajstić information content (AvgIpc) is 3.52. The molecule has 1 aliphatic heterocycles. The zero-order chi connectivity index (χ0) is 23.2. The molecule has 178 valence electrons. The molecule has 1 aliphatic carbocycles. The van der Waals surface area contributed by atoms with Gasteiger partial charge in [-0.3, -0.25) is 9.59 Å². The van der Waals surface area contributed by atoms with Crippen LogP contribution in [0.5, 0.6) is 0 Å². The van der Waals surface area contributed by atoms with Crippen LogP contribution < -0.4 is 10.6 Å². The maximum absolute atomic E-state index is 13.8. The molecular formula is C26H37N5O2. The van der Waals surface area contributed by atoms with Gasteiger partial charge in [-0.05, 0) is 51.1 Å². The highest BCUT2D eigenvalue weighted by atomic mass is 16.2. The highest BCUT2D eigenvalue weighted by Gasteiger charge is 2.39. The maximum atomic E-state index is 13.8. The van der Waals surface area contributed by atoms with Gasteiger partial charge >= 0.3 is 0 Å². The molecule has 0 bridgehead atoms. The first-order valence-electron chi connectivity index (χ1n) is 12.4. The van der Waals surface area contributed by atoms with Crippen molar-refractivity contribution in [1.29, 1.82) is 0 Å². The minimum atomic E-state index is -0.458. The molecule has 1 saturated carbocycles. The Balaban J connectivity index is 1.50. The molecule has 7 nitrogen and oxygen atoms in total. The van der Waals surface area contributed by atoms with Gasteiger partial charge in [-0.1, -0.05) is 49.6 Å². The Morgan fingerprint density at radius 3 is 2.58 bits per heavy atom. The Bertz CT molecular complexity index is 922. The molecule has 3 atom stereocenters. The number of likely N-dealkylation sites (tertiary alicyclic amines) is 1. The van der Waals surface area contributed by atoms with Crippen LogP contribution in [-0.4, -0.2) is 51.9 Å². The number of aromatic nitrogens is 2. The van der Waals surface area contributed by atoms with Crippen LogP contribution in [0.25, 0.3) is 0 Å². The number of hydrogen-bond acceptors (Lipinski definition) is 4. The number of amides is 2. The van der Waals surface area contributed by atoms with E-state index in [0.29, 0.717) is 0 Å². The SMILES string of the molecule is CN[C@@H](C)C(=O)N[C@H](C(=O)N1CCC[C@H]1c1cn(Cc2ccccc2)cn1)C1CCCCC1. The van der Waals surface area contributed by atoms with Gasteiger partial charge in [-0.2, -0.15) is 0 Å². The van der Waals surface area contributed by atoms with Crippen LogP contribution in [0.2, 0.25) is 0 Å². The van der Waals surface area contributed by atoms with Crippen molar-refractivity contribution >= 4 is 11.8 Å². The molecule has 2 N–H and O–H groups in total. The Kier molecular flexibility index (Phi) is 7.81. The predicted molar refractivity (Wildman–Crippen MR) is 128 cm³/mol. The van der Waals surface area contributed by atoms with Gasteiger partial charge in [0.15, 0.2) is 0 Å². The monoisotopic (exact) mass is 451 g/mol. The first-order valence-corrected chi connectivity index (χ1v) is 12.4. The van der Waals surface area contributed by atoms with Crippen LogP contribution >= 0.6 is 0 Å². The van der Waals surface area contributed by atoms with Crippen LogP contribution in [-0.2, 0) is 16.1 Å². The second-order valence-corrected chi connectivity index (χ2v) is 9.54. The summed E-state index contributed by atoms with van der Waals surface area (Å²) in [5.74, 6) is 0.152. The lowest BCUT2D eigenvalue weighted by Crippen LogP contribution is -2.55. The lowest BCUT2D eigenvalue weighted by Gasteiger charge is -2.35. The topological polar surface area (TPSA) is 79.3 Å². The number of carbonyl (C=O) groups is 2. The van der Waals surface area contributed by atoms with E-state index in [1.54, 1.807) is 7.05 Å². The second kappa shape index (κ2) is 11.0. The van der Waals surface area contributed by atoms with E-state index in [1.165, 1.54) is 12.0 Å². The van der Waals surface area contributed by atoms with Crippen molar-refractivity contribution in [2.75, 3.05) is 13.6 Å². The fraction of sp³-hybridized carbons (Fsp3) is 0.577. The van der Waals surface area contributed by atoms with Crippen LogP contribution in [0.1, 0.15) is 69.2 Å². The van der Waals surface area contributed by atoms with Crippen LogP contribution in [0.3, 0.4) is 0 Å². The molecule has 1 saturated heterocycles. The maximum Gasteiger partial charge on any atom is 0.246 e. The lowest BCUT2D eigenvalue weighted by atomic mass is 9.83. The van der Waals surface area contributed by atoms with E-state index in [9.17, 15) is 9.59 Å². The third kappa shape index (κ3) is 5.64. The summed E-state index contributed by atoms with van der Waals surface area (Å²) >= 11 is 0. The number of benzene rings is 1. The summed E-state index contributed by atoms with van der Waals surface area (Å²) in [6.07, 6.45) is 11.2. The predicted octanol–water partition coefficient (Wildman–Crippen LogP) is 3.27. The van der Waals surface area contributed by atoms with E-state index in [0.717, 1.165) is 57.3 Å². The van der Waals surface area contributed by atoms with Crippen molar-refractivity contribution in [2.45, 2.75) is 76.5 Å². The second-order valence-electron chi connectivity index (χ2n) is 9.54. The summed E-state index contributed by atoms with van der Waals surface area (Å²) < 4.78 is 2.08. The fourth-order valence-corrected chi connectivity index (χ4v) is 5.20. The minimum Gasteiger partial charge on any atom is -0.343 e. The molecule has 7 heteroatoms. The van der Waals surface area contributed by atoms with Crippen LogP contribution in [0.15, 0.2) is 42.9 Å². The van der Waals surface area contributed by atoms with E-state index in [4.69, 9.17) is 0 Å². The van der Waals surface area contributed by atoms with E-state index < -0.39 is 6.04 Å². The van der Waals surface area contributed by atoms with E-state index in [2.05, 4.69) is 38.5 Å². The molecule has 2 amide bonds. The number of likely N-dealkylation sites (N-methyl/N-ethyl adjacent to an activating group) is 1. The summed E-state index contributed by atoms with van der Waals surface area (Å²) in [7, 11) is 1.77. The molecule has 2 heterocycles. The van der Waals surface area contributed by atoms with Gasteiger partial charge in [0.05, 0.1) is 24.1 Å². The Morgan fingerprint density at radius 1 is 1.09 bits per heavy atom. The number of hydrogen-bond donors (Lipinski definition) is 2. The summed E-state index contributed by atoms with van der Waals surface area (Å²) in [6, 6.07) is 9.50. The van der Waals surface area contributed by atoms with E-state index in [1.807, 2.05) is 36.4 Å². The summed E-state index contributed by atoms with van der Waals surface area (Å²) in [4.78, 5) is 33.2. The number of nitrogens with one attached hydrogen (secondary N) is 2. The molecule has 33 heavy (non-hydrogen) atoms. The summed E-state index contributed by atoms with van der Waals surface area (Å²) in [5, 5.41) is 6.09. The zero-order valence-electron chi connectivity index (χ0n) is 19.9. The van der Waals surface area contributed by atoms with Crippen molar-refractivity contribution in [2.24, 2.45) is 5.92 Å². The van der Waals surface area contributed by atoms with Crippen molar-refractivity contribution in [3.05, 3.63) is 54.1 Å². The number of rotatable bonds is 8. The Hall–Kier alpha value is -2.67. The molecule has 0 spiro atoms. The molecule has 0 radical (unpaired) electrons. The van der Waals surface area contributed by atoms with Gasteiger partial charge < -0.3 is 20.1 Å². The largest absolute Gasteiger partial charge is 0.343 e. The van der Waals surface area contributed by atoms with Gasteiger partial charge in [0, 0.05) is 19.3 Å². The zero-order valence-corrected chi connectivity index (χ0v) is 19.9. The van der Waals surface area contributed by atoms with Crippen LogP contribution in [0, 0.1) is 5.92 Å². The van der Waals surface area contributed by atoms with E-state index in [-0.39, 0.29) is 29.8 Å². The Labute approximate surface area is 197 Å². The summed E-state index contributed by atoms with van der Waals surface area (Å²) in [5.41, 5.74) is 2.16. The molecular weight excluding hydrogens is 414 g/mol. The highest BCUT2D eigenvalue weighted by Crippen LogP contribution is 2.34. The quantitative estimate of drug-likeness (QED) is 0.646. The van der Waals surface area contributed by atoms with Crippen LogP contribution in [0.4, 0.5) is 0 Å². The number of imidazole rings is 1. The third-order valence-electron chi connectivity index (χ3n) is 7.25. The molecule has 2 fully saturated rings. The standard InChI is InChI=1S/C26H37N5O2/c1-19(27-2)25(32)29-24(21-12-7-4-8-13-21)26(33)31-15-9-14-23(31)22-17-30(18-28-22)16-20-10-5-3-6-11-20/h3,5-6,10-11,17-19,21,23-24,27H,4,7-9,12-16H2,1-2H3,(H,29,32)/t19-,23-,24-/m0/s1. The smallest absolute Gasteiger partial charge is 0.246 e. The van der Waals surface area contributed by atoms with Crippen molar-refractivity contribution in [1.82, 2.24) is 25.1 Å². The molecule has 0 unspecified atom stereocenters. The minimum absolute atomic E-state index is 0.0285. The average molecular weight is 452 g/mol. The molecule has 4 rings (SSSR count). The number of nitrogens with zero attached hydrogens (tertiary/aromatic N) is 3. The molecule has 1 aromatic heterocycles. The van der Waals surface area contributed by atoms with Crippen molar-refractivity contribution < 1.29 is 9.59 Å². The van der Waals surface area contributed by atoms with Gasteiger partial charge in [0.25, 0.3) is 0 Å². The fourth-order valence-electron chi connectivity index (χ4n) is 5.20. The highest BCUT2D eigenvalue weighted by molar-refractivity contribution is 5.90. The normalized spacial score (nSPS) is 21.0. The molecule has 1 aromatic carbocycles. The third-order valence-corrected chi connectivity index (χ3v) is 7.25. The first-order chi connectivity index (χ1) is 16.1. The van der Waals surface area contributed by atoms with Gasteiger partial charge in [-0.25, -0.2) is 4.98 Å².